The highest BCUT2D eigenvalue weighted by Gasteiger charge is 2.45. The van der Waals surface area contributed by atoms with Crippen LogP contribution in [0, 0.1) is 0 Å². The Morgan fingerprint density at radius 3 is 2.32 bits per heavy atom. The predicted molar refractivity (Wildman–Crippen MR) is 70.7 cm³/mol. The molecule has 2 heterocycles. The molecule has 2 aliphatic heterocycles. The molecule has 0 spiro atoms. The Balaban J connectivity index is 1.76. The van der Waals surface area contributed by atoms with E-state index in [0.29, 0.717) is 12.1 Å². The van der Waals surface area contributed by atoms with Crippen LogP contribution in [0.1, 0.15) is 23.7 Å². The third kappa shape index (κ3) is 1.95. The quantitative estimate of drug-likeness (QED) is 0.824. The van der Waals surface area contributed by atoms with Crippen LogP contribution in [0.4, 0.5) is 10.5 Å². The Hall–Kier alpha value is -2.04. The first kappa shape index (κ1) is 12.0. The Morgan fingerprint density at radius 2 is 1.84 bits per heavy atom. The Bertz CT molecular complexity index is 526. The first-order valence-electron chi connectivity index (χ1n) is 6.43. The van der Waals surface area contributed by atoms with Crippen LogP contribution < -0.4 is 4.90 Å². The monoisotopic (exact) mass is 260 g/mol. The molecule has 0 radical (unpaired) electrons. The number of hydrogen-bond donors (Lipinski definition) is 1. The van der Waals surface area contributed by atoms with Gasteiger partial charge >= 0.3 is 6.09 Å². The van der Waals surface area contributed by atoms with Crippen molar-refractivity contribution in [3.8, 4) is 0 Å². The van der Waals surface area contributed by atoms with Crippen molar-refractivity contribution in [2.75, 3.05) is 18.0 Å². The second-order valence-electron chi connectivity index (χ2n) is 5.23. The van der Waals surface area contributed by atoms with E-state index in [1.54, 1.807) is 6.92 Å². The van der Waals surface area contributed by atoms with E-state index in [-0.39, 0.29) is 17.9 Å². The first-order valence-corrected chi connectivity index (χ1v) is 6.43. The summed E-state index contributed by atoms with van der Waals surface area (Å²) >= 11 is 0. The molecule has 2 bridgehead atoms. The molecule has 1 aromatic carbocycles. The molecular formula is C14H16N2O3. The molecule has 5 heteroatoms. The second-order valence-corrected chi connectivity index (χ2v) is 5.23. The highest BCUT2D eigenvalue weighted by atomic mass is 16.4. The molecule has 3 rings (SSSR count). The molecule has 1 N–H and O–H groups in total. The van der Waals surface area contributed by atoms with E-state index in [4.69, 9.17) is 5.11 Å². The van der Waals surface area contributed by atoms with Crippen molar-refractivity contribution in [3.63, 3.8) is 0 Å². The van der Waals surface area contributed by atoms with Crippen molar-refractivity contribution in [1.29, 1.82) is 0 Å². The van der Waals surface area contributed by atoms with Crippen LogP contribution in [0.5, 0.6) is 0 Å². The van der Waals surface area contributed by atoms with Gasteiger partial charge in [-0.15, -0.1) is 0 Å². The summed E-state index contributed by atoms with van der Waals surface area (Å²) < 4.78 is 0. The van der Waals surface area contributed by atoms with E-state index in [0.717, 1.165) is 18.7 Å². The third-order valence-electron chi connectivity index (χ3n) is 4.09. The van der Waals surface area contributed by atoms with E-state index in [9.17, 15) is 9.59 Å². The van der Waals surface area contributed by atoms with Gasteiger partial charge in [0, 0.05) is 30.4 Å². The minimum Gasteiger partial charge on any atom is -0.465 e. The van der Waals surface area contributed by atoms with E-state index in [2.05, 4.69) is 4.90 Å². The lowest BCUT2D eigenvalue weighted by atomic mass is 10.1. The molecule has 1 amide bonds. The molecule has 0 aliphatic carbocycles. The number of piperazine rings is 1. The smallest absolute Gasteiger partial charge is 0.407 e. The van der Waals surface area contributed by atoms with E-state index >= 15 is 0 Å². The highest BCUT2D eigenvalue weighted by Crippen LogP contribution is 2.34. The van der Waals surface area contributed by atoms with Gasteiger partial charge in [-0.2, -0.15) is 0 Å². The maximum absolute atomic E-state index is 11.2. The Kier molecular flexibility index (Phi) is 2.69. The number of carboxylic acid groups (broad SMARTS) is 1. The van der Waals surface area contributed by atoms with Crippen LogP contribution in [0.2, 0.25) is 0 Å². The van der Waals surface area contributed by atoms with Gasteiger partial charge in [0.05, 0.1) is 6.04 Å². The summed E-state index contributed by atoms with van der Waals surface area (Å²) in [5.41, 5.74) is 1.78. The number of carbonyl (C=O) groups excluding carboxylic acids is 1. The predicted octanol–water partition coefficient (Wildman–Crippen LogP) is 1.83. The molecule has 2 atom stereocenters. The summed E-state index contributed by atoms with van der Waals surface area (Å²) in [7, 11) is 0. The average Bonchev–Trinajstić information content (AvgIpc) is 2.98. The summed E-state index contributed by atoms with van der Waals surface area (Å²) in [6.45, 7) is 2.88. The Morgan fingerprint density at radius 1 is 1.16 bits per heavy atom. The zero-order valence-corrected chi connectivity index (χ0v) is 10.7. The van der Waals surface area contributed by atoms with E-state index in [1.807, 2.05) is 24.3 Å². The number of rotatable bonds is 2. The van der Waals surface area contributed by atoms with Gasteiger partial charge in [0.2, 0.25) is 0 Å². The fraction of sp³-hybridized carbons (Fsp3) is 0.429. The zero-order chi connectivity index (χ0) is 13.6. The number of amides is 1. The molecular weight excluding hydrogens is 244 g/mol. The minimum absolute atomic E-state index is 0.0616. The maximum atomic E-state index is 11.2. The molecule has 0 saturated carbocycles. The first-order chi connectivity index (χ1) is 9.06. The molecule has 1 aromatic rings. The lowest BCUT2D eigenvalue weighted by Gasteiger charge is -2.34. The standard InChI is InChI=1S/C14H16N2O3/c1-9(17)10-2-4-11(5-3-10)15-7-13-6-12(15)8-16(13)14(18)19/h2-5,12-13H,6-8H2,1H3,(H,18,19)/t12-,13-/m0/s1. The molecule has 2 fully saturated rings. The fourth-order valence-corrected chi connectivity index (χ4v) is 3.11. The number of ketones is 1. The van der Waals surface area contributed by atoms with Gasteiger partial charge in [-0.1, -0.05) is 0 Å². The van der Waals surface area contributed by atoms with Crippen molar-refractivity contribution >= 4 is 17.6 Å². The molecule has 100 valence electrons. The van der Waals surface area contributed by atoms with Crippen LogP contribution in [0.3, 0.4) is 0 Å². The lowest BCUT2D eigenvalue weighted by molar-refractivity contribution is 0.101. The van der Waals surface area contributed by atoms with Crippen molar-refractivity contribution in [1.82, 2.24) is 4.90 Å². The highest BCUT2D eigenvalue weighted by molar-refractivity contribution is 5.94. The summed E-state index contributed by atoms with van der Waals surface area (Å²) in [6.07, 6.45) is 0.0832. The third-order valence-corrected chi connectivity index (χ3v) is 4.09. The summed E-state index contributed by atoms with van der Waals surface area (Å²) in [4.78, 5) is 26.0. The number of carbonyl (C=O) groups is 2. The summed E-state index contributed by atoms with van der Waals surface area (Å²) in [6, 6.07) is 7.93. The minimum atomic E-state index is -0.820. The fourth-order valence-electron chi connectivity index (χ4n) is 3.11. The van der Waals surface area contributed by atoms with Gasteiger partial charge in [-0.05, 0) is 37.6 Å². The van der Waals surface area contributed by atoms with E-state index in [1.165, 1.54) is 4.90 Å². The second kappa shape index (κ2) is 4.26. The molecule has 5 nitrogen and oxygen atoms in total. The van der Waals surface area contributed by atoms with Gasteiger partial charge in [-0.3, -0.25) is 4.79 Å². The number of nitrogens with zero attached hydrogens (tertiary/aromatic N) is 2. The van der Waals surface area contributed by atoms with Gasteiger partial charge < -0.3 is 14.9 Å². The average molecular weight is 260 g/mol. The topological polar surface area (TPSA) is 60.9 Å². The molecule has 2 saturated heterocycles. The summed E-state index contributed by atoms with van der Waals surface area (Å²) in [5.74, 6) is 0.0616. The number of likely N-dealkylation sites (tertiary alicyclic amines) is 1. The van der Waals surface area contributed by atoms with Crippen molar-refractivity contribution in [3.05, 3.63) is 29.8 Å². The molecule has 2 aliphatic rings. The van der Waals surface area contributed by atoms with Crippen molar-refractivity contribution in [2.24, 2.45) is 0 Å². The van der Waals surface area contributed by atoms with Crippen LogP contribution in [0.25, 0.3) is 0 Å². The lowest BCUT2D eigenvalue weighted by Crippen LogP contribution is -2.48. The number of benzene rings is 1. The van der Waals surface area contributed by atoms with E-state index < -0.39 is 6.09 Å². The van der Waals surface area contributed by atoms with Crippen molar-refractivity contribution in [2.45, 2.75) is 25.4 Å². The van der Waals surface area contributed by atoms with Crippen LogP contribution in [0.15, 0.2) is 24.3 Å². The van der Waals surface area contributed by atoms with Crippen molar-refractivity contribution < 1.29 is 14.7 Å². The van der Waals surface area contributed by atoms with Gasteiger partial charge in [-0.25, -0.2) is 4.79 Å². The number of anilines is 1. The van der Waals surface area contributed by atoms with Gasteiger partial charge in [0.25, 0.3) is 0 Å². The Labute approximate surface area is 111 Å². The summed E-state index contributed by atoms with van der Waals surface area (Å²) in [5, 5.41) is 9.06. The normalized spacial score (nSPS) is 24.9. The largest absolute Gasteiger partial charge is 0.465 e. The molecule has 19 heavy (non-hydrogen) atoms. The molecule has 0 aromatic heterocycles. The number of fused-ring (bicyclic) bond motifs is 2. The maximum Gasteiger partial charge on any atom is 0.407 e. The SMILES string of the molecule is CC(=O)c1ccc(N2C[C@@H]3C[C@H]2CN3C(=O)O)cc1. The number of hydrogen-bond acceptors (Lipinski definition) is 3. The number of Topliss-reactive ketones (excluding diaryl/α,β-unsaturated/α-hetero) is 1. The van der Waals surface area contributed by atoms with Crippen LogP contribution in [-0.4, -0.2) is 47.1 Å². The zero-order valence-electron chi connectivity index (χ0n) is 10.7. The molecule has 0 unspecified atom stereocenters. The van der Waals surface area contributed by atoms with Gasteiger partial charge in [0.15, 0.2) is 5.78 Å². The van der Waals surface area contributed by atoms with Gasteiger partial charge in [0.1, 0.15) is 0 Å². The van der Waals surface area contributed by atoms with Crippen LogP contribution in [-0.2, 0) is 0 Å². The van der Waals surface area contributed by atoms with Crippen LogP contribution >= 0.6 is 0 Å².